The van der Waals surface area contributed by atoms with Crippen LogP contribution >= 0.6 is 0 Å². The molecule has 1 aliphatic rings. The van der Waals surface area contributed by atoms with Crippen LogP contribution in [0, 0.1) is 5.92 Å². The molecule has 1 unspecified atom stereocenters. The maximum absolute atomic E-state index is 12.7. The maximum Gasteiger partial charge on any atom is 0.414 e. The second-order valence-electron chi connectivity index (χ2n) is 7.78. The maximum atomic E-state index is 12.7. The van der Waals surface area contributed by atoms with Crippen LogP contribution in [0.5, 0.6) is 0 Å². The van der Waals surface area contributed by atoms with Crippen molar-refractivity contribution >= 4 is 22.7 Å². The van der Waals surface area contributed by atoms with E-state index in [0.29, 0.717) is 12.5 Å². The molecule has 1 amide bonds. The summed E-state index contributed by atoms with van der Waals surface area (Å²) in [7, 11) is 0. The molecule has 134 valence electrons. The van der Waals surface area contributed by atoms with Crippen LogP contribution in [0.2, 0.25) is 0 Å². The van der Waals surface area contributed by atoms with Gasteiger partial charge in [-0.25, -0.2) is 4.79 Å². The topological polar surface area (TPSA) is 47.4 Å². The molecule has 0 bridgehead atoms. The van der Waals surface area contributed by atoms with Crippen LogP contribution in [-0.2, 0) is 11.3 Å². The Hall–Kier alpha value is -2.30. The van der Waals surface area contributed by atoms with E-state index in [2.05, 4.69) is 43.2 Å². The summed E-state index contributed by atoms with van der Waals surface area (Å²) in [5, 5.41) is 5.70. The van der Waals surface area contributed by atoms with E-state index in [0.717, 1.165) is 35.1 Å². The zero-order chi connectivity index (χ0) is 18.2. The van der Waals surface area contributed by atoms with Gasteiger partial charge in [0, 0.05) is 30.2 Å². The highest BCUT2D eigenvalue weighted by Gasteiger charge is 2.29. The van der Waals surface area contributed by atoms with Gasteiger partial charge >= 0.3 is 6.09 Å². The summed E-state index contributed by atoms with van der Waals surface area (Å²) in [4.78, 5) is 14.5. The molecular weight excluding hydrogens is 314 g/mol. The third-order valence-corrected chi connectivity index (χ3v) is 4.29. The van der Waals surface area contributed by atoms with Crippen LogP contribution in [0.3, 0.4) is 0 Å². The van der Waals surface area contributed by atoms with Gasteiger partial charge in [-0.15, -0.1) is 0 Å². The average molecular weight is 341 g/mol. The first-order chi connectivity index (χ1) is 11.8. The van der Waals surface area contributed by atoms with Crippen LogP contribution in [0.15, 0.2) is 30.5 Å². The second kappa shape index (κ2) is 6.54. The number of nitrogens with zero attached hydrogens (tertiary/aromatic N) is 3. The fraction of sp³-hybridized carbons (Fsp3) is 0.500. The molecule has 1 aliphatic heterocycles. The molecular formula is C20H27N3O2. The number of ether oxygens (including phenoxy) is 1. The molecule has 0 N–H and O–H groups in total. The second-order valence-corrected chi connectivity index (χ2v) is 7.78. The molecule has 2 heterocycles. The SMILES string of the molecule is CCn1cc2ccc(C3=CCC(C)CN3C(=O)OC(C)(C)C)cc2n1. The standard InChI is InChI=1S/C20H27N3O2/c1-6-22-13-16-9-8-15(11-17(16)21-22)18-10-7-14(2)12-23(18)19(24)25-20(3,4)5/h8-11,13-14H,6-7,12H2,1-5H3. The van der Waals surface area contributed by atoms with Gasteiger partial charge in [-0.2, -0.15) is 5.10 Å². The Labute approximate surface area is 149 Å². The van der Waals surface area contributed by atoms with Crippen LogP contribution in [0.4, 0.5) is 4.79 Å². The van der Waals surface area contributed by atoms with Crippen LogP contribution in [0.1, 0.15) is 46.6 Å². The molecule has 0 saturated heterocycles. The molecule has 25 heavy (non-hydrogen) atoms. The Kier molecular flexibility index (Phi) is 4.58. The summed E-state index contributed by atoms with van der Waals surface area (Å²) in [6.07, 6.45) is 4.85. The number of aromatic nitrogens is 2. The Morgan fingerprint density at radius 2 is 2.12 bits per heavy atom. The smallest absolute Gasteiger partial charge is 0.414 e. The first kappa shape index (κ1) is 17.5. The van der Waals surface area contributed by atoms with E-state index < -0.39 is 5.60 Å². The highest BCUT2D eigenvalue weighted by atomic mass is 16.6. The number of fused-ring (bicyclic) bond motifs is 1. The number of carbonyl (C=O) groups is 1. The number of hydrogen-bond donors (Lipinski definition) is 0. The highest BCUT2D eigenvalue weighted by Crippen LogP contribution is 2.30. The minimum atomic E-state index is -0.507. The molecule has 1 atom stereocenters. The van der Waals surface area contributed by atoms with E-state index in [1.807, 2.05) is 31.6 Å². The van der Waals surface area contributed by atoms with Gasteiger partial charge in [-0.1, -0.05) is 25.1 Å². The number of rotatable bonds is 2. The molecule has 5 nitrogen and oxygen atoms in total. The summed E-state index contributed by atoms with van der Waals surface area (Å²) in [6.45, 7) is 11.4. The summed E-state index contributed by atoms with van der Waals surface area (Å²) < 4.78 is 7.54. The summed E-state index contributed by atoms with van der Waals surface area (Å²) in [5.74, 6) is 0.416. The van der Waals surface area contributed by atoms with Crippen molar-refractivity contribution in [1.29, 1.82) is 0 Å². The lowest BCUT2D eigenvalue weighted by Crippen LogP contribution is -2.39. The summed E-state index contributed by atoms with van der Waals surface area (Å²) >= 11 is 0. The molecule has 0 fully saturated rings. The summed E-state index contributed by atoms with van der Waals surface area (Å²) in [6, 6.07) is 6.18. The van der Waals surface area contributed by atoms with Crippen molar-refractivity contribution < 1.29 is 9.53 Å². The van der Waals surface area contributed by atoms with Crippen LogP contribution in [0.25, 0.3) is 16.6 Å². The first-order valence-corrected chi connectivity index (χ1v) is 8.95. The van der Waals surface area contributed by atoms with E-state index in [-0.39, 0.29) is 6.09 Å². The van der Waals surface area contributed by atoms with E-state index in [1.165, 1.54) is 0 Å². The lowest BCUT2D eigenvalue weighted by molar-refractivity contribution is 0.0327. The van der Waals surface area contributed by atoms with Gasteiger partial charge in [0.05, 0.1) is 11.2 Å². The van der Waals surface area contributed by atoms with Crippen molar-refractivity contribution in [2.24, 2.45) is 5.92 Å². The Morgan fingerprint density at radius 1 is 1.36 bits per heavy atom. The zero-order valence-electron chi connectivity index (χ0n) is 15.7. The monoisotopic (exact) mass is 341 g/mol. The molecule has 0 aliphatic carbocycles. The van der Waals surface area contributed by atoms with Crippen molar-refractivity contribution in [2.45, 2.75) is 53.2 Å². The molecule has 1 aromatic carbocycles. The van der Waals surface area contributed by atoms with Crippen molar-refractivity contribution in [3.63, 3.8) is 0 Å². The Balaban J connectivity index is 1.95. The Morgan fingerprint density at radius 3 is 2.80 bits per heavy atom. The van der Waals surface area contributed by atoms with E-state index in [1.54, 1.807) is 4.90 Å². The molecule has 0 saturated carbocycles. The number of amides is 1. The van der Waals surface area contributed by atoms with Gasteiger partial charge < -0.3 is 4.74 Å². The largest absolute Gasteiger partial charge is 0.443 e. The van der Waals surface area contributed by atoms with Gasteiger partial charge in [-0.3, -0.25) is 9.58 Å². The van der Waals surface area contributed by atoms with Crippen LogP contribution < -0.4 is 0 Å². The van der Waals surface area contributed by atoms with Crippen molar-refractivity contribution in [1.82, 2.24) is 14.7 Å². The molecule has 5 heteroatoms. The minimum absolute atomic E-state index is 0.288. The lowest BCUT2D eigenvalue weighted by Gasteiger charge is -2.33. The third kappa shape index (κ3) is 3.86. The molecule has 0 spiro atoms. The number of allylic oxidation sites excluding steroid dienone is 1. The van der Waals surface area contributed by atoms with E-state index in [4.69, 9.17) is 4.74 Å². The van der Waals surface area contributed by atoms with Crippen LogP contribution in [-0.4, -0.2) is 32.9 Å². The predicted molar refractivity (Wildman–Crippen MR) is 100 cm³/mol. The molecule has 0 radical (unpaired) electrons. The van der Waals surface area contributed by atoms with Gasteiger partial charge in [0.2, 0.25) is 0 Å². The number of benzene rings is 1. The first-order valence-electron chi connectivity index (χ1n) is 8.95. The fourth-order valence-electron chi connectivity index (χ4n) is 3.06. The van der Waals surface area contributed by atoms with Gasteiger partial charge in [0.1, 0.15) is 5.60 Å². The van der Waals surface area contributed by atoms with Gasteiger partial charge in [0.25, 0.3) is 0 Å². The van der Waals surface area contributed by atoms with Gasteiger partial charge in [-0.05, 0) is 46.1 Å². The number of aryl methyl sites for hydroxylation is 1. The highest BCUT2D eigenvalue weighted by molar-refractivity contribution is 5.87. The lowest BCUT2D eigenvalue weighted by atomic mass is 9.98. The normalized spacial score (nSPS) is 18.4. The quantitative estimate of drug-likeness (QED) is 0.797. The number of hydrogen-bond acceptors (Lipinski definition) is 3. The molecule has 3 rings (SSSR count). The number of carbonyl (C=O) groups excluding carboxylic acids is 1. The van der Waals surface area contributed by atoms with Crippen molar-refractivity contribution in [2.75, 3.05) is 6.54 Å². The summed E-state index contributed by atoms with van der Waals surface area (Å²) in [5.41, 5.74) is 2.36. The van der Waals surface area contributed by atoms with Gasteiger partial charge in [0.15, 0.2) is 0 Å². The van der Waals surface area contributed by atoms with Crippen molar-refractivity contribution in [3.05, 3.63) is 36.0 Å². The fourth-order valence-corrected chi connectivity index (χ4v) is 3.06. The van der Waals surface area contributed by atoms with E-state index >= 15 is 0 Å². The average Bonchev–Trinajstić information content (AvgIpc) is 2.95. The van der Waals surface area contributed by atoms with Crippen molar-refractivity contribution in [3.8, 4) is 0 Å². The molecule has 1 aromatic heterocycles. The third-order valence-electron chi connectivity index (χ3n) is 4.29. The zero-order valence-corrected chi connectivity index (χ0v) is 15.7. The molecule has 2 aromatic rings. The minimum Gasteiger partial charge on any atom is -0.443 e. The Bertz CT molecular complexity index is 814. The predicted octanol–water partition coefficient (Wildman–Crippen LogP) is 4.67. The van der Waals surface area contributed by atoms with E-state index in [9.17, 15) is 4.79 Å².